The fraction of sp³-hybridized carbons (Fsp3) is 0.619. The third kappa shape index (κ3) is 4.68. The van der Waals surface area contributed by atoms with Crippen molar-refractivity contribution in [2.75, 3.05) is 19.0 Å². The molecule has 0 aromatic heterocycles. The first-order valence-electron chi connectivity index (χ1n) is 10.2. The number of hydrogen-bond donors (Lipinski definition) is 2. The van der Waals surface area contributed by atoms with Gasteiger partial charge in [0.05, 0.1) is 13.7 Å². The van der Waals surface area contributed by atoms with E-state index in [4.69, 9.17) is 28.4 Å². The van der Waals surface area contributed by atoms with Gasteiger partial charge in [-0.05, 0) is 52.0 Å². The van der Waals surface area contributed by atoms with Crippen LogP contribution in [0.5, 0.6) is 5.75 Å². The highest BCUT2D eigenvalue weighted by Crippen LogP contribution is 2.44. The van der Waals surface area contributed by atoms with Crippen molar-refractivity contribution in [3.63, 3.8) is 0 Å². The molecule has 2 amide bonds. The third-order valence-electron chi connectivity index (χ3n) is 5.21. The molecule has 0 saturated carbocycles. The van der Waals surface area contributed by atoms with Crippen molar-refractivity contribution in [2.24, 2.45) is 0 Å². The van der Waals surface area contributed by atoms with Crippen molar-refractivity contribution >= 4 is 17.5 Å². The van der Waals surface area contributed by atoms with E-state index in [-0.39, 0.29) is 12.5 Å². The monoisotopic (exact) mass is 436 g/mol. The van der Waals surface area contributed by atoms with Gasteiger partial charge in [-0.25, -0.2) is 0 Å². The van der Waals surface area contributed by atoms with Gasteiger partial charge in [-0.3, -0.25) is 9.59 Å². The lowest BCUT2D eigenvalue weighted by atomic mass is 9.98. The van der Waals surface area contributed by atoms with Crippen molar-refractivity contribution < 1.29 is 38.0 Å². The Labute approximate surface area is 180 Å². The predicted octanol–water partition coefficient (Wildman–Crippen LogP) is 1.15. The Morgan fingerprint density at radius 3 is 2.23 bits per heavy atom. The molecule has 10 heteroatoms. The molecule has 3 saturated heterocycles. The van der Waals surface area contributed by atoms with Crippen LogP contribution in [-0.4, -0.2) is 67.7 Å². The van der Waals surface area contributed by atoms with Crippen LogP contribution in [-0.2, 0) is 33.3 Å². The molecule has 3 heterocycles. The number of nitrogens with one attached hydrogen (secondary N) is 2. The molecule has 31 heavy (non-hydrogen) atoms. The maximum atomic E-state index is 12.9. The van der Waals surface area contributed by atoms with E-state index in [1.54, 1.807) is 59.1 Å². The summed E-state index contributed by atoms with van der Waals surface area (Å²) in [6, 6.07) is 6.87. The highest BCUT2D eigenvalue weighted by Gasteiger charge is 2.62. The Balaban J connectivity index is 1.38. The molecule has 4 rings (SSSR count). The number of methoxy groups -OCH3 is 1. The number of rotatable bonds is 5. The highest BCUT2D eigenvalue weighted by molar-refractivity contribution is 5.95. The lowest BCUT2D eigenvalue weighted by Crippen LogP contribution is -2.59. The molecular formula is C21H28N2O8. The summed E-state index contributed by atoms with van der Waals surface area (Å²) in [5.41, 5.74) is 0.588. The van der Waals surface area contributed by atoms with E-state index in [0.717, 1.165) is 0 Å². The molecule has 2 N–H and O–H groups in total. The van der Waals surface area contributed by atoms with Crippen molar-refractivity contribution in [1.82, 2.24) is 5.32 Å². The molecule has 5 atom stereocenters. The molecule has 1 aromatic rings. The van der Waals surface area contributed by atoms with Gasteiger partial charge in [0.2, 0.25) is 5.91 Å². The second-order valence-electron chi connectivity index (χ2n) is 8.58. The molecule has 0 radical (unpaired) electrons. The first kappa shape index (κ1) is 22.0. The summed E-state index contributed by atoms with van der Waals surface area (Å²) in [5, 5.41) is 5.31. The van der Waals surface area contributed by atoms with Gasteiger partial charge >= 0.3 is 0 Å². The van der Waals surface area contributed by atoms with E-state index in [1.807, 2.05) is 0 Å². The van der Waals surface area contributed by atoms with Crippen LogP contribution in [0.4, 0.5) is 5.69 Å². The first-order chi connectivity index (χ1) is 14.6. The van der Waals surface area contributed by atoms with E-state index in [9.17, 15) is 9.59 Å². The van der Waals surface area contributed by atoms with Crippen molar-refractivity contribution in [1.29, 1.82) is 0 Å². The zero-order chi connectivity index (χ0) is 22.4. The number of benzene rings is 1. The summed E-state index contributed by atoms with van der Waals surface area (Å²) in [6.07, 6.45) is -3.56. The third-order valence-corrected chi connectivity index (χ3v) is 5.21. The van der Waals surface area contributed by atoms with Crippen LogP contribution in [0.3, 0.4) is 0 Å². The molecule has 10 nitrogen and oxygen atoms in total. The molecule has 0 spiro atoms. The Morgan fingerprint density at radius 1 is 0.935 bits per heavy atom. The van der Waals surface area contributed by atoms with Gasteiger partial charge in [0.15, 0.2) is 24.0 Å². The number of amides is 2. The van der Waals surface area contributed by atoms with Crippen molar-refractivity contribution in [2.45, 2.75) is 70.0 Å². The largest absolute Gasteiger partial charge is 0.497 e. The summed E-state index contributed by atoms with van der Waals surface area (Å²) >= 11 is 0. The van der Waals surface area contributed by atoms with Crippen LogP contribution in [0.2, 0.25) is 0 Å². The summed E-state index contributed by atoms with van der Waals surface area (Å²) < 4.78 is 34.6. The molecule has 1 aromatic carbocycles. The topological polar surface area (TPSA) is 114 Å². The van der Waals surface area contributed by atoms with Gasteiger partial charge < -0.3 is 39.1 Å². The molecule has 0 aliphatic carbocycles. The fourth-order valence-corrected chi connectivity index (χ4v) is 3.97. The van der Waals surface area contributed by atoms with Crippen molar-refractivity contribution in [3.8, 4) is 5.75 Å². The average molecular weight is 436 g/mol. The van der Waals surface area contributed by atoms with E-state index in [1.165, 1.54) is 0 Å². The number of ether oxygens (including phenoxy) is 6. The lowest BCUT2D eigenvalue weighted by Gasteiger charge is -2.36. The van der Waals surface area contributed by atoms with Crippen LogP contribution in [0.1, 0.15) is 27.7 Å². The Kier molecular flexibility index (Phi) is 5.69. The lowest BCUT2D eigenvalue weighted by molar-refractivity contribution is -0.231. The van der Waals surface area contributed by atoms with E-state index < -0.39 is 48.2 Å². The van der Waals surface area contributed by atoms with Crippen LogP contribution in [0.25, 0.3) is 0 Å². The Morgan fingerprint density at radius 2 is 1.55 bits per heavy atom. The standard InChI is InChI=1S/C21H28N2O8/c1-20(2)28-14-15(29-20)17-19(31-21(3,4)30-17)27-16(14)18(25)22-10-13(24)23-11-6-8-12(26-5)9-7-11/h6-9,14-17,19H,10H2,1-5H3,(H,22,25)(H,23,24)/t14-,15+,16+,17+,19-/m0/s1. The number of carbonyl (C=O) groups is 2. The normalized spacial score (nSPS) is 32.6. The van der Waals surface area contributed by atoms with Gasteiger partial charge in [0, 0.05) is 5.69 Å². The van der Waals surface area contributed by atoms with Gasteiger partial charge in [0.25, 0.3) is 5.91 Å². The Hall–Kier alpha value is -2.24. The van der Waals surface area contributed by atoms with E-state index >= 15 is 0 Å². The average Bonchev–Trinajstić information content (AvgIpc) is 3.19. The van der Waals surface area contributed by atoms with Gasteiger partial charge in [-0.2, -0.15) is 0 Å². The zero-order valence-corrected chi connectivity index (χ0v) is 18.2. The molecule has 3 aliphatic rings. The summed E-state index contributed by atoms with van der Waals surface area (Å²) in [5.74, 6) is -1.98. The molecule has 170 valence electrons. The molecule has 0 bridgehead atoms. The number of hydrogen-bond acceptors (Lipinski definition) is 8. The van der Waals surface area contributed by atoms with E-state index in [0.29, 0.717) is 11.4 Å². The number of anilines is 1. The first-order valence-corrected chi connectivity index (χ1v) is 10.2. The Bertz CT molecular complexity index is 840. The maximum Gasteiger partial charge on any atom is 0.252 e. The molecule has 3 fully saturated rings. The minimum Gasteiger partial charge on any atom is -0.497 e. The van der Waals surface area contributed by atoms with E-state index in [2.05, 4.69) is 10.6 Å². The summed E-state index contributed by atoms with van der Waals surface area (Å²) in [6.45, 7) is 6.83. The molecule has 3 aliphatic heterocycles. The number of carbonyl (C=O) groups excluding carboxylic acids is 2. The molecule has 0 unspecified atom stereocenters. The van der Waals surface area contributed by atoms with Crippen molar-refractivity contribution in [3.05, 3.63) is 24.3 Å². The minimum absolute atomic E-state index is 0.233. The quantitative estimate of drug-likeness (QED) is 0.707. The highest BCUT2D eigenvalue weighted by atomic mass is 16.9. The minimum atomic E-state index is -1.01. The maximum absolute atomic E-state index is 12.9. The molecular weight excluding hydrogens is 408 g/mol. The summed E-state index contributed by atoms with van der Waals surface area (Å²) in [4.78, 5) is 25.1. The van der Waals surface area contributed by atoms with Crippen LogP contribution in [0.15, 0.2) is 24.3 Å². The second-order valence-corrected chi connectivity index (χ2v) is 8.58. The van der Waals surface area contributed by atoms with Gasteiger partial charge in [-0.15, -0.1) is 0 Å². The van der Waals surface area contributed by atoms with Crippen LogP contribution < -0.4 is 15.4 Å². The predicted molar refractivity (Wildman–Crippen MR) is 107 cm³/mol. The van der Waals surface area contributed by atoms with Gasteiger partial charge in [0.1, 0.15) is 24.1 Å². The summed E-state index contributed by atoms with van der Waals surface area (Å²) in [7, 11) is 1.56. The number of fused-ring (bicyclic) bond motifs is 3. The zero-order valence-electron chi connectivity index (χ0n) is 18.2. The SMILES string of the molecule is COc1ccc(NC(=O)CNC(=O)[C@@H]2O[C@H]3OC(C)(C)O[C@@H]3[C@@H]3OC(C)(C)O[C@@H]32)cc1. The fourth-order valence-electron chi connectivity index (χ4n) is 3.97. The van der Waals surface area contributed by atoms with Gasteiger partial charge in [-0.1, -0.05) is 0 Å². The van der Waals surface area contributed by atoms with Crippen LogP contribution >= 0.6 is 0 Å². The second kappa shape index (κ2) is 8.03. The smallest absolute Gasteiger partial charge is 0.252 e. The van der Waals surface area contributed by atoms with Crippen LogP contribution in [0, 0.1) is 0 Å².